The van der Waals surface area contributed by atoms with E-state index in [-0.39, 0.29) is 0 Å². The molecule has 0 radical (unpaired) electrons. The van der Waals surface area contributed by atoms with E-state index in [1.165, 1.54) is 19.0 Å². The number of aromatic nitrogens is 2. The fourth-order valence-electron chi connectivity index (χ4n) is 2.69. The van der Waals surface area contributed by atoms with Gasteiger partial charge in [0, 0.05) is 5.69 Å². The first-order valence-electron chi connectivity index (χ1n) is 8.91. The van der Waals surface area contributed by atoms with Crippen LogP contribution in [0.15, 0.2) is 54.9 Å². The number of carbonyl (C=O) groups is 1. The molecule has 0 atom stereocenters. The minimum absolute atomic E-state index is 0.343. The molecule has 0 unspecified atom stereocenters. The number of hydrogen-bond acceptors (Lipinski definition) is 7. The third kappa shape index (κ3) is 4.20. The zero-order valence-electron chi connectivity index (χ0n) is 16.1. The van der Waals surface area contributed by atoms with Crippen LogP contribution in [0.25, 0.3) is 0 Å². The Morgan fingerprint density at radius 2 is 1.64 bits per heavy atom. The van der Waals surface area contributed by atoms with Gasteiger partial charge in [0.25, 0.3) is 0 Å². The van der Waals surface area contributed by atoms with Crippen molar-refractivity contribution in [2.45, 2.75) is 19.8 Å². The Morgan fingerprint density at radius 3 is 2.29 bits per heavy atom. The van der Waals surface area contributed by atoms with Gasteiger partial charge in [-0.15, -0.1) is 0 Å². The standard InChI is InChI=1S/C21H23N5O2/c1-13(2)14-8-10-15(11-9-14)25-19-18(22)20(24-12-23-19)26-17-7-5-4-6-16(17)21(27)28-3/h4-13H,22H2,1-3H3,(H2,23,24,25,26). The fourth-order valence-corrected chi connectivity index (χ4v) is 2.69. The molecule has 0 aliphatic heterocycles. The van der Waals surface area contributed by atoms with Crippen molar-refractivity contribution in [2.24, 2.45) is 0 Å². The van der Waals surface area contributed by atoms with E-state index in [4.69, 9.17) is 10.5 Å². The second-order valence-electron chi connectivity index (χ2n) is 6.55. The van der Waals surface area contributed by atoms with E-state index in [9.17, 15) is 4.79 Å². The number of hydrogen-bond donors (Lipinski definition) is 3. The Bertz CT molecular complexity index is 971. The summed E-state index contributed by atoms with van der Waals surface area (Å²) in [6.45, 7) is 4.30. The van der Waals surface area contributed by atoms with E-state index in [1.807, 2.05) is 18.2 Å². The summed E-state index contributed by atoms with van der Waals surface area (Å²) in [5, 5.41) is 6.29. The van der Waals surface area contributed by atoms with Gasteiger partial charge in [-0.05, 0) is 35.7 Å². The molecule has 28 heavy (non-hydrogen) atoms. The smallest absolute Gasteiger partial charge is 0.339 e. The molecule has 0 saturated carbocycles. The first kappa shape index (κ1) is 19.2. The summed E-state index contributed by atoms with van der Waals surface area (Å²) < 4.78 is 4.82. The highest BCUT2D eigenvalue weighted by Crippen LogP contribution is 2.30. The lowest BCUT2D eigenvalue weighted by Gasteiger charge is -2.14. The molecule has 3 rings (SSSR count). The Balaban J connectivity index is 1.85. The van der Waals surface area contributed by atoms with E-state index < -0.39 is 5.97 Å². The van der Waals surface area contributed by atoms with Crippen LogP contribution in [0.2, 0.25) is 0 Å². The molecule has 0 fully saturated rings. The van der Waals surface area contributed by atoms with E-state index in [0.29, 0.717) is 34.5 Å². The van der Waals surface area contributed by atoms with Gasteiger partial charge in [-0.2, -0.15) is 0 Å². The maximum Gasteiger partial charge on any atom is 0.339 e. The molecule has 0 spiro atoms. The van der Waals surface area contributed by atoms with Crippen LogP contribution in [-0.4, -0.2) is 23.0 Å². The zero-order valence-corrected chi connectivity index (χ0v) is 16.1. The molecule has 0 saturated heterocycles. The monoisotopic (exact) mass is 377 g/mol. The first-order chi connectivity index (χ1) is 13.5. The van der Waals surface area contributed by atoms with Crippen molar-refractivity contribution in [2.75, 3.05) is 23.5 Å². The van der Waals surface area contributed by atoms with Crippen molar-refractivity contribution in [1.29, 1.82) is 0 Å². The molecule has 0 aliphatic rings. The van der Waals surface area contributed by atoms with Gasteiger partial charge in [0.1, 0.15) is 12.0 Å². The topological polar surface area (TPSA) is 102 Å². The third-order valence-electron chi connectivity index (χ3n) is 4.31. The lowest BCUT2D eigenvalue weighted by molar-refractivity contribution is 0.0602. The maximum absolute atomic E-state index is 12.0. The van der Waals surface area contributed by atoms with Crippen LogP contribution in [-0.2, 0) is 4.74 Å². The summed E-state index contributed by atoms with van der Waals surface area (Å²) in [5.41, 5.74) is 9.65. The second-order valence-corrected chi connectivity index (χ2v) is 6.55. The van der Waals surface area contributed by atoms with E-state index >= 15 is 0 Å². The highest BCUT2D eigenvalue weighted by atomic mass is 16.5. The Labute approximate surface area is 164 Å². The number of carbonyl (C=O) groups excluding carboxylic acids is 1. The molecule has 7 nitrogen and oxygen atoms in total. The number of rotatable bonds is 6. The molecule has 7 heteroatoms. The number of ether oxygens (including phenoxy) is 1. The summed E-state index contributed by atoms with van der Waals surface area (Å²) in [5.74, 6) is 0.890. The van der Waals surface area contributed by atoms with E-state index in [2.05, 4.69) is 46.6 Å². The number of benzene rings is 2. The fraction of sp³-hybridized carbons (Fsp3) is 0.190. The van der Waals surface area contributed by atoms with Crippen molar-refractivity contribution in [3.05, 3.63) is 66.0 Å². The lowest BCUT2D eigenvalue weighted by atomic mass is 10.0. The summed E-state index contributed by atoms with van der Waals surface area (Å²) in [6.07, 6.45) is 1.41. The number of methoxy groups -OCH3 is 1. The Morgan fingerprint density at radius 1 is 1.00 bits per heavy atom. The highest BCUT2D eigenvalue weighted by molar-refractivity contribution is 5.97. The van der Waals surface area contributed by atoms with Gasteiger partial charge in [-0.3, -0.25) is 0 Å². The van der Waals surface area contributed by atoms with Crippen molar-refractivity contribution in [3.8, 4) is 0 Å². The molecule has 0 aliphatic carbocycles. The van der Waals surface area contributed by atoms with Crippen LogP contribution in [0.4, 0.5) is 28.7 Å². The van der Waals surface area contributed by atoms with Gasteiger partial charge in [-0.25, -0.2) is 14.8 Å². The van der Waals surface area contributed by atoms with Crippen molar-refractivity contribution in [1.82, 2.24) is 9.97 Å². The number of nitrogens with zero attached hydrogens (tertiary/aromatic N) is 2. The van der Waals surface area contributed by atoms with Crippen LogP contribution in [0.3, 0.4) is 0 Å². The van der Waals surface area contributed by atoms with Crippen LogP contribution >= 0.6 is 0 Å². The molecule has 3 aromatic rings. The Kier molecular flexibility index (Phi) is 5.74. The van der Waals surface area contributed by atoms with Gasteiger partial charge in [0.15, 0.2) is 11.6 Å². The molecule has 2 aromatic carbocycles. The molecule has 0 bridgehead atoms. The minimum Gasteiger partial charge on any atom is -0.465 e. The zero-order chi connectivity index (χ0) is 20.1. The molecule has 0 amide bonds. The highest BCUT2D eigenvalue weighted by Gasteiger charge is 2.14. The summed E-state index contributed by atoms with van der Waals surface area (Å²) in [7, 11) is 1.34. The SMILES string of the molecule is COC(=O)c1ccccc1Nc1ncnc(Nc2ccc(C(C)C)cc2)c1N. The number of nitrogens with one attached hydrogen (secondary N) is 2. The van der Waals surface area contributed by atoms with Gasteiger partial charge in [0.05, 0.1) is 18.4 Å². The number of esters is 1. The molecule has 1 aromatic heterocycles. The average molecular weight is 377 g/mol. The maximum atomic E-state index is 12.0. The van der Waals surface area contributed by atoms with Crippen molar-refractivity contribution < 1.29 is 9.53 Å². The average Bonchev–Trinajstić information content (AvgIpc) is 2.71. The second kappa shape index (κ2) is 8.39. The molecular weight excluding hydrogens is 354 g/mol. The number of anilines is 5. The largest absolute Gasteiger partial charge is 0.465 e. The third-order valence-corrected chi connectivity index (χ3v) is 4.31. The van der Waals surface area contributed by atoms with Crippen molar-refractivity contribution in [3.63, 3.8) is 0 Å². The van der Waals surface area contributed by atoms with E-state index in [0.717, 1.165) is 5.69 Å². The van der Waals surface area contributed by atoms with Gasteiger partial charge in [-0.1, -0.05) is 38.1 Å². The van der Waals surface area contributed by atoms with Gasteiger partial charge >= 0.3 is 5.97 Å². The first-order valence-corrected chi connectivity index (χ1v) is 8.91. The van der Waals surface area contributed by atoms with Gasteiger partial charge < -0.3 is 21.1 Å². The summed E-state index contributed by atoms with van der Waals surface area (Å²) in [6, 6.07) is 15.1. The van der Waals surface area contributed by atoms with Crippen LogP contribution < -0.4 is 16.4 Å². The van der Waals surface area contributed by atoms with Gasteiger partial charge in [0.2, 0.25) is 0 Å². The molecule has 4 N–H and O–H groups in total. The normalized spacial score (nSPS) is 10.6. The van der Waals surface area contributed by atoms with Crippen molar-refractivity contribution >= 4 is 34.7 Å². The van der Waals surface area contributed by atoms with Crippen LogP contribution in [0, 0.1) is 0 Å². The summed E-state index contributed by atoms with van der Waals surface area (Å²) >= 11 is 0. The molecule has 144 valence electrons. The molecular formula is C21H23N5O2. The predicted molar refractivity (Wildman–Crippen MR) is 111 cm³/mol. The predicted octanol–water partition coefficient (Wildman–Crippen LogP) is 4.46. The molecule has 1 heterocycles. The quantitative estimate of drug-likeness (QED) is 0.545. The number of nitrogens with two attached hydrogens (primary N) is 1. The van der Waals surface area contributed by atoms with Crippen LogP contribution in [0.1, 0.15) is 35.7 Å². The Hall–Kier alpha value is -3.61. The number of nitrogen functional groups attached to an aromatic ring is 1. The minimum atomic E-state index is -0.445. The lowest BCUT2D eigenvalue weighted by Crippen LogP contribution is -2.09. The summed E-state index contributed by atoms with van der Waals surface area (Å²) in [4.78, 5) is 20.4. The number of para-hydroxylation sites is 1. The van der Waals surface area contributed by atoms with Crippen LogP contribution in [0.5, 0.6) is 0 Å². The van der Waals surface area contributed by atoms with E-state index in [1.54, 1.807) is 18.2 Å².